The van der Waals surface area contributed by atoms with Crippen LogP contribution in [0.5, 0.6) is 23.0 Å². The minimum Gasteiger partial charge on any atom is -0.504 e. The second kappa shape index (κ2) is 23.2. The van der Waals surface area contributed by atoms with Gasteiger partial charge in [0, 0.05) is 72.8 Å². The molecule has 0 radical (unpaired) electrons. The first-order chi connectivity index (χ1) is 33.3. The van der Waals surface area contributed by atoms with E-state index in [1.54, 1.807) is 40.8 Å². The van der Waals surface area contributed by atoms with Gasteiger partial charge in [0.05, 0.1) is 43.6 Å². The van der Waals surface area contributed by atoms with E-state index in [0.717, 1.165) is 53.7 Å². The number of aromatic hydroxyl groups is 1. The number of Topliss-reactive ketones (excluding diaryl/α,β-unsaturated/α-hetero) is 1. The number of ether oxygens (including phenoxy) is 4. The number of nitrogens with zero attached hydrogens (tertiary/aromatic N) is 1. The highest BCUT2D eigenvalue weighted by molar-refractivity contribution is 8.76. The quantitative estimate of drug-likeness (QED) is 0.116. The van der Waals surface area contributed by atoms with Gasteiger partial charge in [-0.15, -0.1) is 0 Å². The number of aryl methyl sites for hydroxylation is 2. The Labute approximate surface area is 417 Å². The van der Waals surface area contributed by atoms with Crippen molar-refractivity contribution in [2.45, 2.75) is 159 Å². The number of methoxy groups -OCH3 is 2. The van der Waals surface area contributed by atoms with Crippen LogP contribution in [0.1, 0.15) is 125 Å². The minimum absolute atomic E-state index is 0.00968. The Morgan fingerprint density at radius 2 is 1.80 bits per heavy atom. The van der Waals surface area contributed by atoms with Gasteiger partial charge in [-0.1, -0.05) is 84.1 Å². The van der Waals surface area contributed by atoms with Crippen molar-refractivity contribution >= 4 is 33.3 Å². The Morgan fingerprint density at radius 3 is 2.57 bits per heavy atom. The Hall–Kier alpha value is -3.80. The van der Waals surface area contributed by atoms with Gasteiger partial charge >= 0.3 is 0 Å². The minimum atomic E-state index is -1.22. The van der Waals surface area contributed by atoms with E-state index in [1.165, 1.54) is 32.8 Å². The molecule has 0 amide bonds. The number of carbonyl (C=O) groups excluding carboxylic acids is 1. The van der Waals surface area contributed by atoms with E-state index in [1.807, 2.05) is 0 Å². The zero-order valence-electron chi connectivity index (χ0n) is 40.9. The second-order valence-electron chi connectivity index (χ2n) is 20.8. The number of carbonyl (C=O) groups is 1. The Balaban J connectivity index is 1.28. The maximum absolute atomic E-state index is 13.3. The van der Waals surface area contributed by atoms with Gasteiger partial charge in [0.25, 0.3) is 0 Å². The summed E-state index contributed by atoms with van der Waals surface area (Å²) in [5.41, 5.74) is 10.4. The predicted octanol–water partition coefficient (Wildman–Crippen LogP) is 6.59. The molecule has 9 rings (SSSR count). The van der Waals surface area contributed by atoms with Crippen LogP contribution in [-0.4, -0.2) is 107 Å². The van der Waals surface area contributed by atoms with Crippen molar-refractivity contribution in [3.63, 3.8) is 0 Å². The molecule has 4 aliphatic heterocycles. The average Bonchev–Trinajstić information content (AvgIpc) is 3.77. The summed E-state index contributed by atoms with van der Waals surface area (Å²) in [4.78, 5) is 18.3. The molecule has 0 saturated heterocycles. The van der Waals surface area contributed by atoms with E-state index < -0.39 is 29.9 Å². The summed E-state index contributed by atoms with van der Waals surface area (Å²) in [6, 6.07) is 4.99. The summed E-state index contributed by atoms with van der Waals surface area (Å²) in [5, 5.41) is 52.3. The van der Waals surface area contributed by atoms with E-state index in [4.69, 9.17) is 29.7 Å². The van der Waals surface area contributed by atoms with Crippen molar-refractivity contribution in [1.29, 1.82) is 0 Å². The summed E-state index contributed by atoms with van der Waals surface area (Å²) >= 11 is 0. The largest absolute Gasteiger partial charge is 0.504 e. The van der Waals surface area contributed by atoms with Gasteiger partial charge in [-0.2, -0.15) is 0 Å². The van der Waals surface area contributed by atoms with Gasteiger partial charge in [0.2, 0.25) is 6.29 Å². The zero-order valence-corrected chi connectivity index (χ0v) is 42.6. The first-order valence-electron chi connectivity index (χ1n) is 25.3. The molecule has 4 heterocycles. The van der Waals surface area contributed by atoms with Crippen molar-refractivity contribution in [1.82, 2.24) is 10.6 Å². The molecule has 2 saturated carbocycles. The molecule has 0 aromatic heterocycles. The number of nitrogens with one attached hydrogen (secondary N) is 2. The molecule has 376 valence electrons. The van der Waals surface area contributed by atoms with Crippen molar-refractivity contribution < 1.29 is 44.2 Å². The molecule has 69 heavy (non-hydrogen) atoms. The average molecular weight is 987 g/mol. The molecule has 9 unspecified atom stereocenters. The first kappa shape index (κ1) is 51.6. The molecular weight excluding hydrogens is 913 g/mol. The standard InChI is InChI=1S/C54H74N4O9S2/c1-33(2)46-30-69-68-29-44-43-27-42-35-13-17-39(61)26-38(60)16-12-34-14-19-47(62)49(65-4)41(34)10-7-9-36(25-35)48(50(42)67-51(43)63)66-32-56-54(23-8-11-45(44)57-52(55)58-46)31-53(21-5-6-22-53)24-20-37(54)15-18-40(28-59)64-3/h14,19,25,33,37,39-40,43-46,51,56,59,61-63H,5-6,9,12-13,15-18,20-24,26-32H2,1-4H3,(H3,55,57,58). The smallest absolute Gasteiger partial charge is 0.201 e. The number of aliphatic hydroxyl groups is 3. The van der Waals surface area contributed by atoms with Crippen LogP contribution in [-0.2, 0) is 35.2 Å². The number of guanidine groups is 1. The number of rotatable bonds is 7. The molecule has 8 N–H and O–H groups in total. The van der Waals surface area contributed by atoms with Crippen LogP contribution >= 0.6 is 21.6 Å². The second-order valence-corrected chi connectivity index (χ2v) is 23.4. The number of nitrogens with two attached hydrogens (primary N) is 1. The van der Waals surface area contributed by atoms with Crippen LogP contribution < -0.4 is 30.6 Å². The fourth-order valence-corrected chi connectivity index (χ4v) is 14.9. The molecular formula is C54H74N4O9S2. The number of ketones is 1. The van der Waals surface area contributed by atoms with Crippen LogP contribution in [0.15, 0.2) is 23.2 Å². The Kier molecular flexibility index (Phi) is 17.3. The number of aliphatic hydroxyl groups excluding tert-OH is 3. The highest BCUT2D eigenvalue weighted by Crippen LogP contribution is 2.56. The van der Waals surface area contributed by atoms with E-state index in [0.29, 0.717) is 67.3 Å². The van der Waals surface area contributed by atoms with Gasteiger partial charge in [-0.05, 0) is 105 Å². The molecule has 2 aromatic rings. The van der Waals surface area contributed by atoms with Crippen LogP contribution in [0, 0.1) is 52.8 Å². The van der Waals surface area contributed by atoms with Gasteiger partial charge in [-0.3, -0.25) is 10.1 Å². The van der Waals surface area contributed by atoms with E-state index in [2.05, 4.69) is 54.2 Å². The molecule has 3 aliphatic carbocycles. The molecule has 15 heteroatoms. The highest BCUT2D eigenvalue weighted by atomic mass is 33.1. The topological polar surface area (TPSA) is 197 Å². The number of aliphatic imine (C=N–C) groups is 1. The summed E-state index contributed by atoms with van der Waals surface area (Å²) in [6.07, 6.45) is 9.76. The van der Waals surface area contributed by atoms with Crippen LogP contribution in [0.3, 0.4) is 0 Å². The summed E-state index contributed by atoms with van der Waals surface area (Å²) in [7, 11) is 6.70. The predicted molar refractivity (Wildman–Crippen MR) is 272 cm³/mol. The van der Waals surface area contributed by atoms with Crippen molar-refractivity contribution in [3.05, 3.63) is 46.0 Å². The van der Waals surface area contributed by atoms with Gasteiger partial charge in [-0.25, -0.2) is 4.99 Å². The number of fused-ring (bicyclic) bond motifs is 7. The zero-order chi connectivity index (χ0) is 48.7. The van der Waals surface area contributed by atoms with Gasteiger partial charge in [0.1, 0.15) is 12.5 Å². The van der Waals surface area contributed by atoms with E-state index in [-0.39, 0.29) is 85.2 Å². The molecule has 9 atom stereocenters. The van der Waals surface area contributed by atoms with E-state index >= 15 is 0 Å². The third-order valence-electron chi connectivity index (χ3n) is 16.1. The number of phenolic OH excluding ortho intramolecular Hbond substituents is 1. The summed E-state index contributed by atoms with van der Waals surface area (Å²) in [6.45, 7) is 4.42. The highest BCUT2D eigenvalue weighted by Gasteiger charge is 2.51. The van der Waals surface area contributed by atoms with Crippen LogP contribution in [0.2, 0.25) is 0 Å². The Bertz CT molecular complexity index is 2290. The lowest BCUT2D eigenvalue weighted by atomic mass is 9.58. The third-order valence-corrected chi connectivity index (χ3v) is 18.6. The van der Waals surface area contributed by atoms with Crippen molar-refractivity contribution in [2.75, 3.05) is 39.1 Å². The molecule has 2 aromatic carbocycles. The van der Waals surface area contributed by atoms with Crippen LogP contribution in [0.4, 0.5) is 0 Å². The lowest BCUT2D eigenvalue weighted by Crippen LogP contribution is -2.58. The molecule has 2 fully saturated rings. The normalized spacial score (nSPS) is 29.9. The summed E-state index contributed by atoms with van der Waals surface area (Å²) in [5.74, 6) is 16.9. The fourth-order valence-electron chi connectivity index (χ4n) is 12.1. The lowest BCUT2D eigenvalue weighted by Gasteiger charge is -2.52. The maximum Gasteiger partial charge on any atom is 0.201 e. The number of hydrogen-bond donors (Lipinski definition) is 7. The van der Waals surface area contributed by atoms with E-state index in [9.17, 15) is 25.2 Å². The van der Waals surface area contributed by atoms with Gasteiger partial charge in [0.15, 0.2) is 29.0 Å². The Morgan fingerprint density at radius 1 is 0.986 bits per heavy atom. The molecule has 6 bridgehead atoms. The van der Waals surface area contributed by atoms with Crippen molar-refractivity contribution in [2.24, 2.45) is 39.8 Å². The number of phenols is 1. The lowest BCUT2D eigenvalue weighted by molar-refractivity contribution is -0.121. The fraction of sp³-hybridized carbons (Fsp3) is 0.667. The number of hydrogen-bond acceptors (Lipinski definition) is 15. The molecule has 2 spiro atoms. The van der Waals surface area contributed by atoms with Crippen molar-refractivity contribution in [3.8, 4) is 46.7 Å². The van der Waals surface area contributed by atoms with Gasteiger partial charge < -0.3 is 50.4 Å². The summed E-state index contributed by atoms with van der Waals surface area (Å²) < 4.78 is 25.2. The first-order valence-corrected chi connectivity index (χ1v) is 27.8. The molecule has 7 aliphatic rings. The number of benzene rings is 2. The SMILES string of the molecule is COc1c(O)ccc2c1C#CCc1cc(c3c4c1OCNC1(CC#CC5NC(N)=NC(C(C)C)CSSCC5C(C3)C(O)O4)CC3(CCCC3)CCC1CCC(CO)OC)CCC(O)CC(=O)CC2. The van der Waals surface area contributed by atoms with Crippen LogP contribution in [0.25, 0.3) is 0 Å². The molecule has 13 nitrogen and oxygen atoms in total. The monoisotopic (exact) mass is 986 g/mol. The maximum atomic E-state index is 13.3. The third kappa shape index (κ3) is 11.9.